The van der Waals surface area contributed by atoms with Crippen LogP contribution >= 0.6 is 0 Å². The fourth-order valence-electron chi connectivity index (χ4n) is 1.98. The fourth-order valence-corrected chi connectivity index (χ4v) is 1.98. The van der Waals surface area contributed by atoms with Crippen molar-refractivity contribution in [3.8, 4) is 11.5 Å². The monoisotopic (exact) mass is 279 g/mol. The van der Waals surface area contributed by atoms with Gasteiger partial charge in [-0.05, 0) is 30.0 Å². The Hall–Kier alpha value is -1.71. The molecule has 0 aromatic heterocycles. The predicted octanol–water partition coefficient (Wildman–Crippen LogP) is 3.32. The van der Waals surface area contributed by atoms with Crippen molar-refractivity contribution < 1.29 is 14.3 Å². The molecule has 0 bridgehead atoms. The Bertz CT molecular complexity index is 463. The van der Waals surface area contributed by atoms with E-state index in [-0.39, 0.29) is 17.4 Å². The zero-order valence-electron chi connectivity index (χ0n) is 13.2. The highest BCUT2D eigenvalue weighted by Gasteiger charge is 2.18. The molecule has 0 saturated heterocycles. The van der Waals surface area contributed by atoms with Gasteiger partial charge in [-0.15, -0.1) is 0 Å². The first-order valence-corrected chi connectivity index (χ1v) is 6.78. The molecule has 0 aliphatic rings. The normalized spacial score (nSPS) is 12.7. The summed E-state index contributed by atoms with van der Waals surface area (Å²) in [6, 6.07) is 5.61. The van der Waals surface area contributed by atoms with Crippen LogP contribution in [-0.2, 0) is 4.79 Å². The highest BCUT2D eigenvalue weighted by atomic mass is 16.5. The number of carbonyl (C=O) groups excluding carboxylic acids is 1. The molecule has 4 heteroatoms. The van der Waals surface area contributed by atoms with Crippen molar-refractivity contribution in [2.24, 2.45) is 5.41 Å². The van der Waals surface area contributed by atoms with E-state index in [2.05, 4.69) is 5.32 Å². The molecular formula is C16H25NO3. The van der Waals surface area contributed by atoms with E-state index < -0.39 is 0 Å². The Morgan fingerprint density at radius 1 is 1.20 bits per heavy atom. The van der Waals surface area contributed by atoms with Crippen LogP contribution in [0.25, 0.3) is 0 Å². The second-order valence-electron chi connectivity index (χ2n) is 6.14. The van der Waals surface area contributed by atoms with Crippen molar-refractivity contribution in [2.75, 3.05) is 14.2 Å². The molecule has 0 saturated carbocycles. The first kappa shape index (κ1) is 16.3. The molecule has 0 aliphatic heterocycles. The molecule has 0 spiro atoms. The van der Waals surface area contributed by atoms with Gasteiger partial charge in [-0.25, -0.2) is 0 Å². The van der Waals surface area contributed by atoms with Gasteiger partial charge in [0.05, 0.1) is 20.3 Å². The molecule has 0 unspecified atom stereocenters. The number of rotatable bonds is 5. The number of ether oxygens (including phenoxy) is 2. The number of nitrogens with one attached hydrogen (secondary N) is 1. The summed E-state index contributed by atoms with van der Waals surface area (Å²) in [7, 11) is 3.20. The van der Waals surface area contributed by atoms with Crippen LogP contribution in [0, 0.1) is 5.41 Å². The minimum Gasteiger partial charge on any atom is -0.493 e. The molecule has 0 heterocycles. The first-order valence-electron chi connectivity index (χ1n) is 6.78. The number of hydrogen-bond acceptors (Lipinski definition) is 3. The van der Waals surface area contributed by atoms with Crippen LogP contribution in [-0.4, -0.2) is 20.1 Å². The van der Waals surface area contributed by atoms with Crippen molar-refractivity contribution in [3.63, 3.8) is 0 Å². The Labute approximate surface area is 121 Å². The second kappa shape index (κ2) is 6.64. The zero-order chi connectivity index (χ0) is 15.3. The first-order chi connectivity index (χ1) is 9.26. The van der Waals surface area contributed by atoms with Crippen LogP contribution in [0.3, 0.4) is 0 Å². The van der Waals surface area contributed by atoms with E-state index in [1.54, 1.807) is 14.2 Å². The van der Waals surface area contributed by atoms with E-state index >= 15 is 0 Å². The SMILES string of the molecule is COc1ccc([C@H](C)NC(=O)CC(C)(C)C)cc1OC. The van der Waals surface area contributed by atoms with Crippen LogP contribution in [0.4, 0.5) is 0 Å². The van der Waals surface area contributed by atoms with E-state index in [1.807, 2.05) is 45.9 Å². The van der Waals surface area contributed by atoms with Crippen molar-refractivity contribution >= 4 is 5.91 Å². The summed E-state index contributed by atoms with van der Waals surface area (Å²) in [6.07, 6.45) is 0.505. The Morgan fingerprint density at radius 2 is 1.80 bits per heavy atom. The molecule has 0 aliphatic carbocycles. The maximum absolute atomic E-state index is 12.0. The Balaban J connectivity index is 2.77. The van der Waals surface area contributed by atoms with Crippen molar-refractivity contribution in [1.29, 1.82) is 0 Å². The third kappa shape index (κ3) is 4.76. The molecule has 1 aromatic rings. The molecular weight excluding hydrogens is 254 g/mol. The molecule has 1 atom stereocenters. The van der Waals surface area contributed by atoms with Crippen LogP contribution in [0.1, 0.15) is 45.7 Å². The molecule has 0 radical (unpaired) electrons. The summed E-state index contributed by atoms with van der Waals surface area (Å²) in [5.74, 6) is 1.41. The average molecular weight is 279 g/mol. The minimum absolute atomic E-state index is 0.0125. The van der Waals surface area contributed by atoms with Gasteiger partial charge in [-0.1, -0.05) is 26.8 Å². The molecule has 1 aromatic carbocycles. The van der Waals surface area contributed by atoms with E-state index in [9.17, 15) is 4.79 Å². The second-order valence-corrected chi connectivity index (χ2v) is 6.14. The average Bonchev–Trinajstić information content (AvgIpc) is 2.35. The van der Waals surface area contributed by atoms with Gasteiger partial charge in [0.25, 0.3) is 0 Å². The summed E-state index contributed by atoms with van der Waals surface area (Å²) < 4.78 is 10.5. The summed E-state index contributed by atoms with van der Waals surface area (Å²) in [4.78, 5) is 12.0. The van der Waals surface area contributed by atoms with E-state index in [0.29, 0.717) is 17.9 Å². The number of carbonyl (C=O) groups is 1. The topological polar surface area (TPSA) is 47.6 Å². The van der Waals surface area contributed by atoms with Gasteiger partial charge in [0.1, 0.15) is 0 Å². The smallest absolute Gasteiger partial charge is 0.220 e. The van der Waals surface area contributed by atoms with Crippen LogP contribution < -0.4 is 14.8 Å². The number of benzene rings is 1. The molecule has 1 N–H and O–H groups in total. The van der Waals surface area contributed by atoms with Gasteiger partial charge in [-0.2, -0.15) is 0 Å². The standard InChI is InChI=1S/C16H25NO3/c1-11(17-15(18)10-16(2,3)4)12-7-8-13(19-5)14(9-12)20-6/h7-9,11H,10H2,1-6H3,(H,17,18)/t11-/m0/s1. The Morgan fingerprint density at radius 3 is 2.30 bits per heavy atom. The van der Waals surface area contributed by atoms with Gasteiger partial charge < -0.3 is 14.8 Å². The van der Waals surface area contributed by atoms with Gasteiger partial charge >= 0.3 is 0 Å². The minimum atomic E-state index is -0.0651. The third-order valence-corrected chi connectivity index (χ3v) is 2.98. The molecule has 1 rings (SSSR count). The van der Waals surface area contributed by atoms with Gasteiger partial charge in [0.15, 0.2) is 11.5 Å². The lowest BCUT2D eigenvalue weighted by atomic mass is 9.91. The molecule has 4 nitrogen and oxygen atoms in total. The molecule has 112 valence electrons. The lowest BCUT2D eigenvalue weighted by Gasteiger charge is -2.21. The van der Waals surface area contributed by atoms with Crippen LogP contribution in [0.15, 0.2) is 18.2 Å². The zero-order valence-corrected chi connectivity index (χ0v) is 13.2. The lowest BCUT2D eigenvalue weighted by molar-refractivity contribution is -0.123. The van der Waals surface area contributed by atoms with Gasteiger partial charge in [0.2, 0.25) is 5.91 Å². The summed E-state index contributed by atoms with van der Waals surface area (Å²) >= 11 is 0. The number of methoxy groups -OCH3 is 2. The van der Waals surface area contributed by atoms with E-state index in [4.69, 9.17) is 9.47 Å². The van der Waals surface area contributed by atoms with Gasteiger partial charge in [0, 0.05) is 6.42 Å². The summed E-state index contributed by atoms with van der Waals surface area (Å²) in [5, 5.41) is 3.01. The maximum atomic E-state index is 12.0. The predicted molar refractivity (Wildman–Crippen MR) is 80.2 cm³/mol. The molecule has 0 fully saturated rings. The van der Waals surface area contributed by atoms with E-state index in [1.165, 1.54) is 0 Å². The molecule has 1 amide bonds. The quantitative estimate of drug-likeness (QED) is 0.899. The largest absolute Gasteiger partial charge is 0.493 e. The lowest BCUT2D eigenvalue weighted by Crippen LogP contribution is -2.29. The maximum Gasteiger partial charge on any atom is 0.220 e. The highest BCUT2D eigenvalue weighted by Crippen LogP contribution is 2.30. The Kier molecular flexibility index (Phi) is 5.43. The summed E-state index contributed by atoms with van der Waals surface area (Å²) in [6.45, 7) is 8.11. The summed E-state index contributed by atoms with van der Waals surface area (Å²) in [5.41, 5.74) is 0.978. The van der Waals surface area contributed by atoms with Crippen molar-refractivity contribution in [2.45, 2.75) is 40.2 Å². The van der Waals surface area contributed by atoms with Gasteiger partial charge in [-0.3, -0.25) is 4.79 Å². The van der Waals surface area contributed by atoms with Crippen molar-refractivity contribution in [3.05, 3.63) is 23.8 Å². The fraction of sp³-hybridized carbons (Fsp3) is 0.562. The van der Waals surface area contributed by atoms with E-state index in [0.717, 1.165) is 5.56 Å². The third-order valence-electron chi connectivity index (χ3n) is 2.98. The van der Waals surface area contributed by atoms with Crippen LogP contribution in [0.2, 0.25) is 0 Å². The van der Waals surface area contributed by atoms with Crippen LogP contribution in [0.5, 0.6) is 11.5 Å². The number of hydrogen-bond donors (Lipinski definition) is 1. The highest BCUT2D eigenvalue weighted by molar-refractivity contribution is 5.77. The van der Waals surface area contributed by atoms with Crippen molar-refractivity contribution in [1.82, 2.24) is 5.32 Å². The molecule has 20 heavy (non-hydrogen) atoms. The number of amides is 1.